The van der Waals surface area contributed by atoms with Crippen LogP contribution in [0.4, 0.5) is 16.2 Å². The van der Waals surface area contributed by atoms with Crippen LogP contribution in [0.25, 0.3) is 11.3 Å². The third-order valence-corrected chi connectivity index (χ3v) is 5.66. The number of aromatic nitrogens is 4. The van der Waals surface area contributed by atoms with Gasteiger partial charge in [-0.1, -0.05) is 0 Å². The molecule has 164 valence electrons. The van der Waals surface area contributed by atoms with Crippen molar-refractivity contribution in [2.45, 2.75) is 50.8 Å². The molecule has 0 atom stereocenters. The van der Waals surface area contributed by atoms with Gasteiger partial charge in [-0.05, 0) is 56.9 Å². The number of nitrogens with zero attached hydrogens (tertiary/aromatic N) is 5. The molecule has 3 N–H and O–H groups in total. The molecule has 1 aromatic carbocycles. The number of hydrogen-bond acceptors (Lipinski definition) is 8. The minimum absolute atomic E-state index is 0.137. The lowest BCUT2D eigenvalue weighted by Crippen LogP contribution is -2.36. The van der Waals surface area contributed by atoms with Crippen LogP contribution in [0.15, 0.2) is 43.0 Å². The molecule has 1 aliphatic rings. The molecule has 0 saturated heterocycles. The number of halogens is 1. The highest BCUT2D eigenvalue weighted by Crippen LogP contribution is 2.30. The minimum Gasteiger partial charge on any atom is -0.390 e. The van der Waals surface area contributed by atoms with Crippen molar-refractivity contribution < 1.29 is 9.50 Å². The van der Waals surface area contributed by atoms with E-state index in [0.717, 1.165) is 24.0 Å². The van der Waals surface area contributed by atoms with E-state index in [2.05, 4.69) is 36.6 Å². The second-order valence-electron chi connectivity index (χ2n) is 8.24. The van der Waals surface area contributed by atoms with E-state index in [0.29, 0.717) is 42.4 Å². The van der Waals surface area contributed by atoms with Gasteiger partial charge in [0, 0.05) is 29.9 Å². The Morgan fingerprint density at radius 3 is 2.66 bits per heavy atom. The van der Waals surface area contributed by atoms with Crippen molar-refractivity contribution in [1.82, 2.24) is 19.9 Å². The van der Waals surface area contributed by atoms with Gasteiger partial charge in [-0.15, -0.1) is 0 Å². The fraction of sp³-hybridized carbons (Fsp3) is 0.348. The van der Waals surface area contributed by atoms with Crippen LogP contribution in [-0.4, -0.2) is 36.7 Å². The van der Waals surface area contributed by atoms with E-state index < -0.39 is 5.60 Å². The molecule has 32 heavy (non-hydrogen) atoms. The fourth-order valence-electron chi connectivity index (χ4n) is 3.77. The standard InChI is InChI=1S/C23H24FN7O/c1-23(32)8-6-19(7-9-23)30-21-16(10-25)12-27-22(31-21)28-13-17-11-26-14-29-20(17)15-2-4-18(24)5-3-15/h2-5,11-12,14,19,32H,6-9,13H2,1H3,(H2,27,28,30,31)/t19-,23+. The van der Waals surface area contributed by atoms with E-state index in [4.69, 9.17) is 0 Å². The zero-order valence-corrected chi connectivity index (χ0v) is 17.7. The zero-order valence-electron chi connectivity index (χ0n) is 17.7. The number of aliphatic hydroxyl groups is 1. The number of rotatable bonds is 6. The van der Waals surface area contributed by atoms with Crippen LogP contribution in [0, 0.1) is 17.1 Å². The molecule has 0 spiro atoms. The van der Waals surface area contributed by atoms with E-state index >= 15 is 0 Å². The van der Waals surface area contributed by atoms with Crippen molar-refractivity contribution in [2.24, 2.45) is 0 Å². The highest BCUT2D eigenvalue weighted by Gasteiger charge is 2.29. The lowest BCUT2D eigenvalue weighted by molar-refractivity contribution is 0.0196. The summed E-state index contributed by atoms with van der Waals surface area (Å²) in [5.41, 5.74) is 2.00. The Labute approximate surface area is 185 Å². The summed E-state index contributed by atoms with van der Waals surface area (Å²) in [5.74, 6) is 0.526. The van der Waals surface area contributed by atoms with Crippen molar-refractivity contribution in [2.75, 3.05) is 10.6 Å². The third kappa shape index (κ3) is 5.15. The van der Waals surface area contributed by atoms with Crippen molar-refractivity contribution in [3.05, 3.63) is 59.9 Å². The first-order valence-electron chi connectivity index (χ1n) is 10.5. The highest BCUT2D eigenvalue weighted by molar-refractivity contribution is 5.63. The number of hydrogen-bond donors (Lipinski definition) is 3. The molecule has 1 aliphatic carbocycles. The average Bonchev–Trinajstić information content (AvgIpc) is 2.80. The normalized spacial score (nSPS) is 20.4. The molecule has 2 aromatic heterocycles. The number of benzene rings is 1. The Kier molecular flexibility index (Phi) is 6.23. The lowest BCUT2D eigenvalue weighted by atomic mass is 9.83. The van der Waals surface area contributed by atoms with Crippen molar-refractivity contribution >= 4 is 11.8 Å². The first kappa shape index (κ1) is 21.6. The SMILES string of the molecule is C[C@]1(O)CC[C@@H](Nc2nc(NCc3cncnc3-c3ccc(F)cc3)ncc2C#N)CC1. The summed E-state index contributed by atoms with van der Waals surface area (Å²) in [6, 6.07) is 8.38. The van der Waals surface area contributed by atoms with Crippen molar-refractivity contribution in [3.63, 3.8) is 0 Å². The summed E-state index contributed by atoms with van der Waals surface area (Å²) in [5, 5.41) is 26.1. The summed E-state index contributed by atoms with van der Waals surface area (Å²) in [7, 11) is 0. The molecule has 4 rings (SSSR count). The van der Waals surface area contributed by atoms with Gasteiger partial charge in [0.1, 0.15) is 29.6 Å². The monoisotopic (exact) mass is 433 g/mol. The predicted octanol–water partition coefficient (Wildman–Crippen LogP) is 3.66. The van der Waals surface area contributed by atoms with Gasteiger partial charge in [-0.25, -0.2) is 19.3 Å². The quantitative estimate of drug-likeness (QED) is 0.539. The fourth-order valence-corrected chi connectivity index (χ4v) is 3.77. The molecule has 0 amide bonds. The van der Waals surface area contributed by atoms with Crippen LogP contribution in [0.2, 0.25) is 0 Å². The van der Waals surface area contributed by atoms with Gasteiger partial charge in [0.25, 0.3) is 0 Å². The molecule has 1 fully saturated rings. The topological polar surface area (TPSA) is 120 Å². The van der Waals surface area contributed by atoms with Gasteiger partial charge < -0.3 is 15.7 Å². The van der Waals surface area contributed by atoms with Crippen LogP contribution in [-0.2, 0) is 6.54 Å². The summed E-state index contributed by atoms with van der Waals surface area (Å²) < 4.78 is 13.3. The molecule has 0 radical (unpaired) electrons. The van der Waals surface area contributed by atoms with Crippen molar-refractivity contribution in [3.8, 4) is 17.3 Å². The summed E-state index contributed by atoms with van der Waals surface area (Å²) in [6.07, 6.45) is 7.62. The van der Waals surface area contributed by atoms with Gasteiger partial charge in [0.05, 0.1) is 17.5 Å². The smallest absolute Gasteiger partial charge is 0.224 e. The van der Waals surface area contributed by atoms with Gasteiger partial charge in [0.2, 0.25) is 5.95 Å². The maximum absolute atomic E-state index is 13.3. The second kappa shape index (κ2) is 9.24. The Hall–Kier alpha value is -3.64. The van der Waals surface area contributed by atoms with E-state index in [1.807, 2.05) is 6.92 Å². The van der Waals surface area contributed by atoms with E-state index in [9.17, 15) is 14.8 Å². The van der Waals surface area contributed by atoms with Crippen LogP contribution in [0.5, 0.6) is 0 Å². The van der Waals surface area contributed by atoms with Gasteiger partial charge >= 0.3 is 0 Å². The maximum atomic E-state index is 13.3. The predicted molar refractivity (Wildman–Crippen MR) is 118 cm³/mol. The molecule has 2 heterocycles. The van der Waals surface area contributed by atoms with Gasteiger partial charge in [-0.3, -0.25) is 0 Å². The van der Waals surface area contributed by atoms with Crippen molar-refractivity contribution in [1.29, 1.82) is 5.26 Å². The third-order valence-electron chi connectivity index (χ3n) is 5.66. The first-order chi connectivity index (χ1) is 15.4. The van der Waals surface area contributed by atoms with E-state index in [1.54, 1.807) is 18.3 Å². The second-order valence-corrected chi connectivity index (χ2v) is 8.24. The Morgan fingerprint density at radius 2 is 1.94 bits per heavy atom. The number of anilines is 2. The average molecular weight is 433 g/mol. The lowest BCUT2D eigenvalue weighted by Gasteiger charge is -2.33. The molecule has 0 aliphatic heterocycles. The molecular formula is C23H24FN7O. The van der Waals surface area contributed by atoms with Crippen LogP contribution in [0.3, 0.4) is 0 Å². The van der Waals surface area contributed by atoms with Crippen LogP contribution < -0.4 is 10.6 Å². The first-order valence-corrected chi connectivity index (χ1v) is 10.5. The zero-order chi connectivity index (χ0) is 22.6. The molecule has 9 heteroatoms. The van der Waals surface area contributed by atoms with E-state index in [-0.39, 0.29) is 11.9 Å². The Balaban J connectivity index is 1.48. The molecule has 1 saturated carbocycles. The number of nitrogens with one attached hydrogen (secondary N) is 2. The van der Waals surface area contributed by atoms with Crippen LogP contribution >= 0.6 is 0 Å². The van der Waals surface area contributed by atoms with Crippen LogP contribution in [0.1, 0.15) is 43.7 Å². The largest absolute Gasteiger partial charge is 0.390 e. The van der Waals surface area contributed by atoms with E-state index in [1.165, 1.54) is 24.7 Å². The maximum Gasteiger partial charge on any atom is 0.224 e. The molecule has 8 nitrogen and oxygen atoms in total. The van der Waals surface area contributed by atoms with Gasteiger partial charge in [-0.2, -0.15) is 10.2 Å². The minimum atomic E-state index is -0.630. The summed E-state index contributed by atoms with van der Waals surface area (Å²) >= 11 is 0. The molecule has 0 unspecified atom stereocenters. The summed E-state index contributed by atoms with van der Waals surface area (Å²) in [6.45, 7) is 2.20. The molecule has 0 bridgehead atoms. The molecule has 3 aromatic rings. The summed E-state index contributed by atoms with van der Waals surface area (Å²) in [4.78, 5) is 17.2. The Morgan fingerprint density at radius 1 is 1.19 bits per heavy atom. The highest BCUT2D eigenvalue weighted by atomic mass is 19.1. The number of nitriles is 1. The van der Waals surface area contributed by atoms with Gasteiger partial charge in [0.15, 0.2) is 0 Å². The Bertz CT molecular complexity index is 1120. The molecular weight excluding hydrogens is 409 g/mol.